The summed E-state index contributed by atoms with van der Waals surface area (Å²) in [5, 5.41) is 21.2. The predicted octanol–water partition coefficient (Wildman–Crippen LogP) is 3.10. The fourth-order valence-corrected chi connectivity index (χ4v) is 3.14. The average Bonchev–Trinajstić information content (AvgIpc) is 3.15. The number of aromatic amines is 1. The first-order valence-electron chi connectivity index (χ1n) is 9.43. The third kappa shape index (κ3) is 4.03. The molecule has 4 rings (SSSR count). The van der Waals surface area contributed by atoms with Gasteiger partial charge >= 0.3 is 0 Å². The van der Waals surface area contributed by atoms with Crippen molar-refractivity contribution in [1.82, 2.24) is 14.8 Å². The number of benzene rings is 2. The van der Waals surface area contributed by atoms with Crippen LogP contribution in [0, 0.1) is 6.92 Å². The maximum absolute atomic E-state index is 12.9. The second-order valence-corrected chi connectivity index (χ2v) is 6.91. The second-order valence-electron chi connectivity index (χ2n) is 6.91. The van der Waals surface area contributed by atoms with Crippen LogP contribution in [0.25, 0.3) is 16.9 Å². The smallest absolute Gasteiger partial charge is 0.280 e. The van der Waals surface area contributed by atoms with Crippen molar-refractivity contribution in [3.05, 3.63) is 100 Å². The van der Waals surface area contributed by atoms with Crippen molar-refractivity contribution in [2.75, 3.05) is 0 Å². The Kier molecular flexibility index (Phi) is 5.47. The molecule has 7 heteroatoms. The van der Waals surface area contributed by atoms with Crippen LogP contribution >= 0.6 is 0 Å². The Hall–Kier alpha value is -3.68. The van der Waals surface area contributed by atoms with Crippen LogP contribution in [-0.4, -0.2) is 25.0 Å². The minimum atomic E-state index is -1.60. The number of hydrogen-bond acceptors (Lipinski definition) is 5. The van der Waals surface area contributed by atoms with E-state index < -0.39 is 6.29 Å². The molecule has 0 spiro atoms. The normalized spacial score (nSPS) is 11.1. The highest BCUT2D eigenvalue weighted by Gasteiger charge is 2.13. The molecule has 2 aromatic heterocycles. The highest BCUT2D eigenvalue weighted by molar-refractivity contribution is 5.64. The first-order chi connectivity index (χ1) is 14.5. The molecule has 0 aliphatic carbocycles. The topological polar surface area (TPSA) is 100 Å². The zero-order chi connectivity index (χ0) is 21.1. The molecule has 0 unspecified atom stereocenters. The van der Waals surface area contributed by atoms with Crippen LogP contribution in [0.15, 0.2) is 77.9 Å². The molecule has 0 bridgehead atoms. The molecule has 0 saturated carbocycles. The molecular formula is C23H21N3O4. The first-order valence-corrected chi connectivity index (χ1v) is 9.43. The molecule has 7 nitrogen and oxygen atoms in total. The summed E-state index contributed by atoms with van der Waals surface area (Å²) in [6, 6.07) is 18.6. The number of nitrogens with zero attached hydrogens (tertiary/aromatic N) is 2. The van der Waals surface area contributed by atoms with Gasteiger partial charge in [0.2, 0.25) is 0 Å². The molecule has 0 fully saturated rings. The SMILES string of the molecule is Cc1cc(-c2c[nH]n(-c3ccc(C(O)O)cn3)c2=O)ccc1OCc1ccccc1. The number of rotatable bonds is 6. The quantitative estimate of drug-likeness (QED) is 0.430. The van der Waals surface area contributed by atoms with E-state index >= 15 is 0 Å². The van der Waals surface area contributed by atoms with Gasteiger partial charge in [-0.05, 0) is 47.9 Å². The van der Waals surface area contributed by atoms with Crippen molar-refractivity contribution in [2.24, 2.45) is 0 Å². The number of aromatic nitrogens is 3. The van der Waals surface area contributed by atoms with Crippen molar-refractivity contribution >= 4 is 0 Å². The highest BCUT2D eigenvalue weighted by atomic mass is 16.5. The molecule has 0 aliphatic rings. The van der Waals surface area contributed by atoms with E-state index in [2.05, 4.69) is 10.1 Å². The van der Waals surface area contributed by atoms with Gasteiger partial charge in [0.25, 0.3) is 5.56 Å². The lowest BCUT2D eigenvalue weighted by Gasteiger charge is -2.10. The van der Waals surface area contributed by atoms with Crippen LogP contribution in [0.3, 0.4) is 0 Å². The summed E-state index contributed by atoms with van der Waals surface area (Å²) in [4.78, 5) is 17.0. The van der Waals surface area contributed by atoms with Crippen LogP contribution in [0.5, 0.6) is 5.75 Å². The van der Waals surface area contributed by atoms with Crippen molar-refractivity contribution in [2.45, 2.75) is 19.8 Å². The maximum Gasteiger partial charge on any atom is 0.280 e. The Morgan fingerprint density at radius 2 is 1.90 bits per heavy atom. The van der Waals surface area contributed by atoms with Gasteiger partial charge < -0.3 is 14.9 Å². The summed E-state index contributed by atoms with van der Waals surface area (Å²) >= 11 is 0. The third-order valence-electron chi connectivity index (χ3n) is 4.79. The molecular weight excluding hydrogens is 382 g/mol. The fraction of sp³-hybridized carbons (Fsp3) is 0.130. The molecule has 0 aliphatic heterocycles. The van der Waals surface area contributed by atoms with Gasteiger partial charge in [0, 0.05) is 18.0 Å². The molecule has 152 valence electrons. The van der Waals surface area contributed by atoms with Gasteiger partial charge in [0.05, 0.1) is 5.56 Å². The predicted molar refractivity (Wildman–Crippen MR) is 112 cm³/mol. The van der Waals surface area contributed by atoms with E-state index in [-0.39, 0.29) is 11.1 Å². The fourth-order valence-electron chi connectivity index (χ4n) is 3.14. The summed E-state index contributed by atoms with van der Waals surface area (Å²) in [7, 11) is 0. The van der Waals surface area contributed by atoms with E-state index in [1.165, 1.54) is 16.9 Å². The summed E-state index contributed by atoms with van der Waals surface area (Å²) in [5.41, 5.74) is 3.27. The average molecular weight is 403 g/mol. The van der Waals surface area contributed by atoms with Crippen LogP contribution in [0.2, 0.25) is 0 Å². The molecule has 0 saturated heterocycles. The van der Waals surface area contributed by atoms with Gasteiger partial charge in [-0.2, -0.15) is 0 Å². The van der Waals surface area contributed by atoms with Crippen molar-refractivity contribution in [3.8, 4) is 22.7 Å². The van der Waals surface area contributed by atoms with Gasteiger partial charge in [-0.3, -0.25) is 9.89 Å². The molecule has 0 radical (unpaired) electrons. The molecule has 3 N–H and O–H groups in total. The standard InChI is InChI=1S/C23H21N3O4/c1-15-11-17(7-9-20(15)30-14-16-5-3-2-4-6-16)19-13-25-26(22(19)27)21-10-8-18(12-24-21)23(28)29/h2-13,23,25,28-29H,14H2,1H3. The number of aliphatic hydroxyl groups excluding tert-OH is 1. The number of hydrogen-bond donors (Lipinski definition) is 3. The molecule has 30 heavy (non-hydrogen) atoms. The number of nitrogens with one attached hydrogen (secondary N) is 1. The maximum atomic E-state index is 12.9. The minimum Gasteiger partial charge on any atom is -0.489 e. The number of aryl methyl sites for hydroxylation is 1. The van der Waals surface area contributed by atoms with Gasteiger partial charge in [-0.25, -0.2) is 9.67 Å². The van der Waals surface area contributed by atoms with E-state index in [4.69, 9.17) is 4.74 Å². The van der Waals surface area contributed by atoms with Gasteiger partial charge in [-0.15, -0.1) is 0 Å². The van der Waals surface area contributed by atoms with Gasteiger partial charge in [-0.1, -0.05) is 36.4 Å². The zero-order valence-electron chi connectivity index (χ0n) is 16.3. The van der Waals surface area contributed by atoms with Crippen molar-refractivity contribution < 1.29 is 14.9 Å². The van der Waals surface area contributed by atoms with Crippen molar-refractivity contribution in [3.63, 3.8) is 0 Å². The van der Waals surface area contributed by atoms with Crippen LogP contribution < -0.4 is 10.3 Å². The largest absolute Gasteiger partial charge is 0.489 e. The Morgan fingerprint density at radius 3 is 2.57 bits per heavy atom. The number of pyridine rings is 1. The minimum absolute atomic E-state index is 0.250. The van der Waals surface area contributed by atoms with E-state index in [1.54, 1.807) is 12.3 Å². The zero-order valence-corrected chi connectivity index (χ0v) is 16.3. The summed E-state index contributed by atoms with van der Waals surface area (Å²) in [5.74, 6) is 1.12. The Morgan fingerprint density at radius 1 is 1.10 bits per heavy atom. The lowest BCUT2D eigenvalue weighted by molar-refractivity contribution is -0.0427. The van der Waals surface area contributed by atoms with Crippen LogP contribution in [-0.2, 0) is 6.61 Å². The van der Waals surface area contributed by atoms with Crippen molar-refractivity contribution in [1.29, 1.82) is 0 Å². The Bertz CT molecular complexity index is 1200. The molecule has 4 aromatic rings. The number of aliphatic hydroxyl groups is 2. The Balaban J connectivity index is 1.56. The van der Waals surface area contributed by atoms with E-state index in [0.717, 1.165) is 22.4 Å². The molecule has 2 aromatic carbocycles. The summed E-state index contributed by atoms with van der Waals surface area (Å²) in [6.45, 7) is 2.41. The van der Waals surface area contributed by atoms with Gasteiger partial charge in [0.1, 0.15) is 12.4 Å². The van der Waals surface area contributed by atoms with Crippen LogP contribution in [0.4, 0.5) is 0 Å². The molecule has 2 heterocycles. The lowest BCUT2D eigenvalue weighted by atomic mass is 10.1. The van der Waals surface area contributed by atoms with Crippen LogP contribution in [0.1, 0.15) is 23.0 Å². The number of ether oxygens (including phenoxy) is 1. The van der Waals surface area contributed by atoms with E-state index in [1.807, 2.05) is 55.5 Å². The first kappa shape index (κ1) is 19.6. The monoisotopic (exact) mass is 403 g/mol. The third-order valence-corrected chi connectivity index (χ3v) is 4.79. The second kappa shape index (κ2) is 8.36. The summed E-state index contributed by atoms with van der Waals surface area (Å²) in [6.07, 6.45) is 1.33. The lowest BCUT2D eigenvalue weighted by Crippen LogP contribution is -2.17. The number of H-pyrrole nitrogens is 1. The Labute approximate surface area is 172 Å². The highest BCUT2D eigenvalue weighted by Crippen LogP contribution is 2.25. The van der Waals surface area contributed by atoms with Gasteiger partial charge in [0.15, 0.2) is 12.1 Å². The molecule has 0 atom stereocenters. The molecule has 0 amide bonds. The van der Waals surface area contributed by atoms with E-state index in [9.17, 15) is 15.0 Å². The summed E-state index contributed by atoms with van der Waals surface area (Å²) < 4.78 is 7.21. The van der Waals surface area contributed by atoms with E-state index in [0.29, 0.717) is 18.0 Å².